The zero-order valence-electron chi connectivity index (χ0n) is 15.9. The van der Waals surface area contributed by atoms with Gasteiger partial charge in [0.25, 0.3) is 5.56 Å². The molecule has 138 valence electrons. The predicted octanol–water partition coefficient (Wildman–Crippen LogP) is 4.59. The quantitative estimate of drug-likeness (QED) is 0.739. The van der Waals surface area contributed by atoms with Crippen LogP contribution in [0.2, 0.25) is 0 Å². The summed E-state index contributed by atoms with van der Waals surface area (Å²) in [5.74, 6) is 0.893. The summed E-state index contributed by atoms with van der Waals surface area (Å²) in [6.07, 6.45) is 1.53. The van der Waals surface area contributed by atoms with Crippen molar-refractivity contribution in [2.45, 2.75) is 59.5 Å². The number of ketones is 1. The van der Waals surface area contributed by atoms with Crippen LogP contribution < -0.4 is 10.3 Å². The number of aromatic nitrogens is 1. The van der Waals surface area contributed by atoms with Gasteiger partial charge in [0.15, 0.2) is 5.78 Å². The molecule has 0 fully saturated rings. The second kappa shape index (κ2) is 6.69. The highest BCUT2D eigenvalue weighted by molar-refractivity contribution is 9.10. The number of Topliss-reactive ketones (excluding diaryl/α,β-unsaturated/α-hetero) is 1. The number of aryl methyl sites for hydroxylation is 2. The van der Waals surface area contributed by atoms with Crippen molar-refractivity contribution in [2.24, 2.45) is 0 Å². The lowest BCUT2D eigenvalue weighted by Crippen LogP contribution is -2.24. The standard InChI is InChI=1S/C21H24BrNO3/c1-11-8-12(2)23-20(25)14(11)6-7-18(24)15-9-17(22)19-16(13(15)3)10-21(4,5)26-19/h8-9H,6-7,10H2,1-5H3,(H,23,25). The van der Waals surface area contributed by atoms with E-state index in [1.165, 1.54) is 0 Å². The Morgan fingerprint density at radius 1 is 1.27 bits per heavy atom. The summed E-state index contributed by atoms with van der Waals surface area (Å²) in [6, 6.07) is 3.79. The van der Waals surface area contributed by atoms with Crippen LogP contribution in [0.3, 0.4) is 0 Å². The molecule has 3 rings (SSSR count). The fourth-order valence-electron chi connectivity index (χ4n) is 3.69. The Labute approximate surface area is 162 Å². The summed E-state index contributed by atoms with van der Waals surface area (Å²) >= 11 is 3.55. The Hall–Kier alpha value is -1.88. The number of carbonyl (C=O) groups is 1. The number of hydrogen-bond donors (Lipinski definition) is 1. The lowest BCUT2D eigenvalue weighted by Gasteiger charge is -2.17. The van der Waals surface area contributed by atoms with Crippen LogP contribution in [0.25, 0.3) is 0 Å². The molecule has 5 heteroatoms. The van der Waals surface area contributed by atoms with Gasteiger partial charge in [-0.15, -0.1) is 0 Å². The number of H-pyrrole nitrogens is 1. The Kier molecular flexibility index (Phi) is 4.86. The minimum atomic E-state index is -0.260. The van der Waals surface area contributed by atoms with Gasteiger partial charge in [-0.3, -0.25) is 9.59 Å². The number of benzene rings is 1. The molecule has 1 N–H and O–H groups in total. The van der Waals surface area contributed by atoms with Crippen LogP contribution in [0.15, 0.2) is 21.4 Å². The third kappa shape index (κ3) is 3.50. The van der Waals surface area contributed by atoms with E-state index in [-0.39, 0.29) is 16.9 Å². The molecule has 4 nitrogen and oxygen atoms in total. The van der Waals surface area contributed by atoms with E-state index >= 15 is 0 Å². The van der Waals surface area contributed by atoms with Crippen LogP contribution in [0.4, 0.5) is 0 Å². The normalized spacial score (nSPS) is 14.8. The van der Waals surface area contributed by atoms with E-state index in [2.05, 4.69) is 20.9 Å². The summed E-state index contributed by atoms with van der Waals surface area (Å²) in [7, 11) is 0. The summed E-state index contributed by atoms with van der Waals surface area (Å²) < 4.78 is 6.83. The van der Waals surface area contributed by atoms with Crippen molar-refractivity contribution in [2.75, 3.05) is 0 Å². The minimum absolute atomic E-state index is 0.0510. The Morgan fingerprint density at radius 3 is 2.62 bits per heavy atom. The summed E-state index contributed by atoms with van der Waals surface area (Å²) in [5, 5.41) is 0. The predicted molar refractivity (Wildman–Crippen MR) is 106 cm³/mol. The van der Waals surface area contributed by atoms with Crippen LogP contribution in [-0.2, 0) is 12.8 Å². The molecule has 0 atom stereocenters. The summed E-state index contributed by atoms with van der Waals surface area (Å²) in [5.41, 5.74) is 4.88. The Bertz CT molecular complexity index is 957. The number of rotatable bonds is 4. The molecule has 0 saturated carbocycles. The molecular formula is C21H24BrNO3. The monoisotopic (exact) mass is 417 g/mol. The summed E-state index contributed by atoms with van der Waals surface area (Å²) in [4.78, 5) is 27.8. The molecule has 1 aliphatic heterocycles. The maximum atomic E-state index is 12.9. The Morgan fingerprint density at radius 2 is 1.96 bits per heavy atom. The van der Waals surface area contributed by atoms with Gasteiger partial charge in [0.05, 0.1) is 4.47 Å². The van der Waals surface area contributed by atoms with E-state index in [0.717, 1.165) is 39.0 Å². The average molecular weight is 418 g/mol. The smallest absolute Gasteiger partial charge is 0.251 e. The van der Waals surface area contributed by atoms with Gasteiger partial charge < -0.3 is 9.72 Å². The van der Waals surface area contributed by atoms with Crippen molar-refractivity contribution in [3.8, 4) is 5.75 Å². The van der Waals surface area contributed by atoms with Gasteiger partial charge in [-0.1, -0.05) is 0 Å². The molecule has 2 heterocycles. The number of nitrogens with one attached hydrogen (secondary N) is 1. The van der Waals surface area contributed by atoms with E-state index in [9.17, 15) is 9.59 Å². The van der Waals surface area contributed by atoms with Gasteiger partial charge in [-0.25, -0.2) is 0 Å². The molecule has 1 aliphatic rings. The average Bonchev–Trinajstić information content (AvgIpc) is 2.86. The van der Waals surface area contributed by atoms with E-state index in [1.54, 1.807) is 0 Å². The van der Waals surface area contributed by atoms with E-state index < -0.39 is 0 Å². The van der Waals surface area contributed by atoms with Gasteiger partial charge in [0.1, 0.15) is 11.4 Å². The molecule has 0 amide bonds. The lowest BCUT2D eigenvalue weighted by atomic mass is 9.92. The molecule has 0 aliphatic carbocycles. The maximum Gasteiger partial charge on any atom is 0.251 e. The van der Waals surface area contributed by atoms with Gasteiger partial charge in [0.2, 0.25) is 0 Å². The molecule has 2 aromatic rings. The lowest BCUT2D eigenvalue weighted by molar-refractivity contribution is 0.0982. The van der Waals surface area contributed by atoms with Gasteiger partial charge >= 0.3 is 0 Å². The second-order valence-electron chi connectivity index (χ2n) is 7.74. The topological polar surface area (TPSA) is 59.2 Å². The highest BCUT2D eigenvalue weighted by atomic mass is 79.9. The fraction of sp³-hybridized carbons (Fsp3) is 0.429. The van der Waals surface area contributed by atoms with Gasteiger partial charge in [-0.2, -0.15) is 0 Å². The first-order valence-electron chi connectivity index (χ1n) is 8.82. The SMILES string of the molecule is Cc1cc(C)c(CCC(=O)c2cc(Br)c3c(c2C)CC(C)(C)O3)c(=O)[nH]1. The molecule has 0 saturated heterocycles. The number of hydrogen-bond acceptors (Lipinski definition) is 3. The molecule has 1 aromatic heterocycles. The first-order chi connectivity index (χ1) is 12.1. The van der Waals surface area contributed by atoms with Crippen LogP contribution in [-0.4, -0.2) is 16.4 Å². The largest absolute Gasteiger partial charge is 0.486 e. The highest BCUT2D eigenvalue weighted by Crippen LogP contribution is 2.43. The third-order valence-electron chi connectivity index (χ3n) is 5.00. The number of carbonyl (C=O) groups excluding carboxylic acids is 1. The zero-order chi connectivity index (χ0) is 19.2. The Balaban J connectivity index is 1.87. The van der Waals surface area contributed by atoms with Crippen molar-refractivity contribution in [1.29, 1.82) is 0 Å². The van der Waals surface area contributed by atoms with Crippen molar-refractivity contribution in [1.82, 2.24) is 4.98 Å². The molecular weight excluding hydrogens is 394 g/mol. The van der Waals surface area contributed by atoms with Crippen LogP contribution in [0, 0.1) is 20.8 Å². The number of pyridine rings is 1. The maximum absolute atomic E-state index is 12.9. The van der Waals surface area contributed by atoms with Gasteiger partial charge in [-0.05, 0) is 80.2 Å². The summed E-state index contributed by atoms with van der Waals surface area (Å²) in [6.45, 7) is 9.85. The molecule has 0 bridgehead atoms. The molecule has 1 aromatic carbocycles. The molecule has 0 radical (unpaired) electrons. The zero-order valence-corrected chi connectivity index (χ0v) is 17.5. The van der Waals surface area contributed by atoms with Gasteiger partial charge in [0, 0.05) is 35.2 Å². The van der Waals surface area contributed by atoms with E-state index in [4.69, 9.17) is 4.74 Å². The van der Waals surface area contributed by atoms with Crippen LogP contribution >= 0.6 is 15.9 Å². The number of fused-ring (bicyclic) bond motifs is 1. The molecule has 0 unspecified atom stereocenters. The number of aromatic amines is 1. The molecule has 0 spiro atoms. The first-order valence-corrected chi connectivity index (χ1v) is 9.62. The molecule has 26 heavy (non-hydrogen) atoms. The van der Waals surface area contributed by atoms with E-state index in [0.29, 0.717) is 24.0 Å². The number of halogens is 1. The fourth-order valence-corrected chi connectivity index (χ4v) is 4.24. The van der Waals surface area contributed by atoms with Crippen molar-refractivity contribution in [3.63, 3.8) is 0 Å². The first kappa shape index (κ1) is 18.9. The van der Waals surface area contributed by atoms with Crippen LogP contribution in [0.1, 0.15) is 58.6 Å². The second-order valence-corrected chi connectivity index (χ2v) is 8.60. The number of ether oxygens (including phenoxy) is 1. The van der Waals surface area contributed by atoms with Crippen molar-refractivity contribution in [3.05, 3.63) is 60.5 Å². The van der Waals surface area contributed by atoms with Crippen molar-refractivity contribution < 1.29 is 9.53 Å². The highest BCUT2D eigenvalue weighted by Gasteiger charge is 2.34. The van der Waals surface area contributed by atoms with Crippen LogP contribution in [0.5, 0.6) is 5.75 Å². The van der Waals surface area contributed by atoms with E-state index in [1.807, 2.05) is 46.8 Å². The van der Waals surface area contributed by atoms with Crippen molar-refractivity contribution >= 4 is 21.7 Å². The minimum Gasteiger partial charge on any atom is -0.486 e. The third-order valence-corrected chi connectivity index (χ3v) is 5.58.